The summed E-state index contributed by atoms with van der Waals surface area (Å²) in [6.45, 7) is 6.89. The van der Waals surface area contributed by atoms with Gasteiger partial charge in [0.05, 0.1) is 0 Å². The third kappa shape index (κ3) is 4.79. The molecule has 2 N–H and O–H groups in total. The fourth-order valence-electron chi connectivity index (χ4n) is 4.67. The summed E-state index contributed by atoms with van der Waals surface area (Å²) in [5.74, 6) is 0.973. The summed E-state index contributed by atoms with van der Waals surface area (Å²) in [5, 5.41) is 7.33. The molecule has 0 radical (unpaired) electrons. The number of hydrogen-bond acceptors (Lipinski definition) is 2. The van der Waals surface area contributed by atoms with Gasteiger partial charge in [-0.05, 0) is 44.2 Å². The van der Waals surface area contributed by atoms with Gasteiger partial charge in [0.15, 0.2) is 5.96 Å². The highest BCUT2D eigenvalue weighted by atomic mass is 15.2. The summed E-state index contributed by atoms with van der Waals surface area (Å²) in [6.07, 6.45) is 8.89. The molecule has 0 spiro atoms. The summed E-state index contributed by atoms with van der Waals surface area (Å²) in [5.41, 5.74) is 1.75. The lowest BCUT2D eigenvalue weighted by atomic mass is 9.79. The number of piperidine rings is 1. The van der Waals surface area contributed by atoms with Crippen molar-refractivity contribution in [1.29, 1.82) is 0 Å². The van der Waals surface area contributed by atoms with Crippen LogP contribution in [0.4, 0.5) is 0 Å². The number of nitrogens with one attached hydrogen (secondary N) is 2. The Bertz CT molecular complexity index is 555. The van der Waals surface area contributed by atoms with Crippen molar-refractivity contribution in [3.05, 3.63) is 35.9 Å². The zero-order chi connectivity index (χ0) is 18.2. The Balaban J connectivity index is 1.54. The molecule has 0 bridgehead atoms. The molecule has 1 saturated carbocycles. The number of aliphatic imine (C=N–C) groups is 1. The number of benzene rings is 1. The van der Waals surface area contributed by atoms with Crippen LogP contribution >= 0.6 is 0 Å². The lowest BCUT2D eigenvalue weighted by Crippen LogP contribution is -2.51. The second-order valence-electron chi connectivity index (χ2n) is 8.04. The molecule has 0 unspecified atom stereocenters. The van der Waals surface area contributed by atoms with Gasteiger partial charge < -0.3 is 15.5 Å². The maximum absolute atomic E-state index is 4.50. The topological polar surface area (TPSA) is 39.7 Å². The second-order valence-corrected chi connectivity index (χ2v) is 8.04. The van der Waals surface area contributed by atoms with Gasteiger partial charge >= 0.3 is 0 Å². The average Bonchev–Trinajstić information content (AvgIpc) is 3.17. The van der Waals surface area contributed by atoms with Gasteiger partial charge in [-0.3, -0.25) is 4.99 Å². The predicted molar refractivity (Wildman–Crippen MR) is 111 cm³/mol. The maximum atomic E-state index is 4.50. The van der Waals surface area contributed by atoms with E-state index in [-0.39, 0.29) is 5.41 Å². The van der Waals surface area contributed by atoms with Crippen LogP contribution < -0.4 is 10.6 Å². The highest BCUT2D eigenvalue weighted by molar-refractivity contribution is 5.80. The zero-order valence-electron chi connectivity index (χ0n) is 16.6. The van der Waals surface area contributed by atoms with Crippen LogP contribution in [-0.4, -0.2) is 50.1 Å². The lowest BCUT2D eigenvalue weighted by Gasteiger charge is -2.34. The van der Waals surface area contributed by atoms with Gasteiger partial charge in [0.25, 0.3) is 0 Å². The number of guanidine groups is 1. The molecule has 2 aliphatic rings. The summed E-state index contributed by atoms with van der Waals surface area (Å²) >= 11 is 0. The molecule has 4 nitrogen and oxygen atoms in total. The fourth-order valence-corrected chi connectivity index (χ4v) is 4.67. The van der Waals surface area contributed by atoms with Crippen LogP contribution in [0.15, 0.2) is 35.3 Å². The molecule has 1 heterocycles. The highest BCUT2D eigenvalue weighted by Crippen LogP contribution is 2.40. The van der Waals surface area contributed by atoms with E-state index >= 15 is 0 Å². The summed E-state index contributed by atoms with van der Waals surface area (Å²) in [6, 6.07) is 11.6. The Morgan fingerprint density at radius 2 is 1.85 bits per heavy atom. The largest absolute Gasteiger partial charge is 0.356 e. The molecule has 144 valence electrons. The van der Waals surface area contributed by atoms with E-state index in [1.54, 1.807) is 0 Å². The Hall–Kier alpha value is -1.55. The smallest absolute Gasteiger partial charge is 0.191 e. The monoisotopic (exact) mass is 356 g/mol. The third-order valence-corrected chi connectivity index (χ3v) is 6.23. The van der Waals surface area contributed by atoms with E-state index in [1.165, 1.54) is 70.1 Å². The van der Waals surface area contributed by atoms with Crippen molar-refractivity contribution in [2.75, 3.05) is 33.2 Å². The normalized spacial score (nSPS) is 21.7. The van der Waals surface area contributed by atoms with Crippen molar-refractivity contribution in [2.45, 2.75) is 63.3 Å². The first-order valence-corrected chi connectivity index (χ1v) is 10.5. The zero-order valence-corrected chi connectivity index (χ0v) is 16.6. The van der Waals surface area contributed by atoms with Gasteiger partial charge in [-0.1, -0.05) is 50.1 Å². The van der Waals surface area contributed by atoms with E-state index in [9.17, 15) is 0 Å². The van der Waals surface area contributed by atoms with Crippen LogP contribution in [-0.2, 0) is 5.41 Å². The number of rotatable bonds is 6. The molecule has 26 heavy (non-hydrogen) atoms. The molecule has 1 saturated heterocycles. The average molecular weight is 357 g/mol. The van der Waals surface area contributed by atoms with Crippen molar-refractivity contribution in [3.63, 3.8) is 0 Å². The van der Waals surface area contributed by atoms with Gasteiger partial charge in [-0.15, -0.1) is 0 Å². The Morgan fingerprint density at radius 1 is 1.15 bits per heavy atom. The number of nitrogens with zero attached hydrogens (tertiary/aromatic N) is 2. The molecule has 0 amide bonds. The molecule has 1 aromatic rings. The number of hydrogen-bond donors (Lipinski definition) is 2. The van der Waals surface area contributed by atoms with Crippen LogP contribution in [0.3, 0.4) is 0 Å². The van der Waals surface area contributed by atoms with E-state index in [2.05, 4.69) is 57.8 Å². The van der Waals surface area contributed by atoms with Crippen LogP contribution in [0.2, 0.25) is 0 Å². The maximum Gasteiger partial charge on any atom is 0.191 e. The Morgan fingerprint density at radius 3 is 2.46 bits per heavy atom. The van der Waals surface area contributed by atoms with Crippen molar-refractivity contribution in [3.8, 4) is 0 Å². The van der Waals surface area contributed by atoms with E-state index in [1.807, 2.05) is 7.05 Å². The van der Waals surface area contributed by atoms with Gasteiger partial charge in [-0.2, -0.15) is 0 Å². The van der Waals surface area contributed by atoms with Gasteiger partial charge in [0.1, 0.15) is 0 Å². The molecule has 0 atom stereocenters. The van der Waals surface area contributed by atoms with E-state index in [4.69, 9.17) is 0 Å². The Labute approximate surface area is 159 Å². The molecule has 4 heteroatoms. The number of likely N-dealkylation sites (tertiary alicyclic amines) is 1. The van der Waals surface area contributed by atoms with Crippen molar-refractivity contribution < 1.29 is 0 Å². The molecule has 1 aliphatic heterocycles. The van der Waals surface area contributed by atoms with Crippen molar-refractivity contribution >= 4 is 5.96 Å². The fraction of sp³-hybridized carbons (Fsp3) is 0.682. The first-order valence-electron chi connectivity index (χ1n) is 10.5. The first-order chi connectivity index (χ1) is 12.8. The van der Waals surface area contributed by atoms with Crippen LogP contribution in [0, 0.1) is 0 Å². The predicted octanol–water partition coefficient (Wildman–Crippen LogP) is 3.54. The standard InChI is InChI=1S/C22H36N4/c1-3-15-26-16-11-20(12-17-26)25-21(23-2)24-18-22(13-7-8-14-22)19-9-5-4-6-10-19/h4-6,9-10,20H,3,7-8,11-18H2,1-2H3,(H2,23,24,25). The molecule has 2 fully saturated rings. The van der Waals surface area contributed by atoms with E-state index in [0.717, 1.165) is 12.5 Å². The van der Waals surface area contributed by atoms with Gasteiger partial charge in [0.2, 0.25) is 0 Å². The molecule has 0 aromatic heterocycles. The summed E-state index contributed by atoms with van der Waals surface area (Å²) in [4.78, 5) is 7.08. The van der Waals surface area contributed by atoms with E-state index < -0.39 is 0 Å². The lowest BCUT2D eigenvalue weighted by molar-refractivity contribution is 0.206. The quantitative estimate of drug-likeness (QED) is 0.605. The van der Waals surface area contributed by atoms with Crippen molar-refractivity contribution in [1.82, 2.24) is 15.5 Å². The van der Waals surface area contributed by atoms with Crippen LogP contribution in [0.5, 0.6) is 0 Å². The summed E-state index contributed by atoms with van der Waals surface area (Å²) in [7, 11) is 1.89. The second kappa shape index (κ2) is 9.40. The van der Waals surface area contributed by atoms with Gasteiger partial charge in [-0.25, -0.2) is 0 Å². The first kappa shape index (κ1) is 19.2. The molecule has 1 aromatic carbocycles. The molecular formula is C22H36N4. The van der Waals surface area contributed by atoms with Gasteiger partial charge in [0, 0.05) is 38.1 Å². The van der Waals surface area contributed by atoms with Crippen LogP contribution in [0.1, 0.15) is 57.4 Å². The minimum atomic E-state index is 0.267. The minimum absolute atomic E-state index is 0.267. The highest BCUT2D eigenvalue weighted by Gasteiger charge is 2.35. The van der Waals surface area contributed by atoms with E-state index in [0.29, 0.717) is 6.04 Å². The van der Waals surface area contributed by atoms with Crippen LogP contribution in [0.25, 0.3) is 0 Å². The van der Waals surface area contributed by atoms with Crippen molar-refractivity contribution in [2.24, 2.45) is 4.99 Å². The Kier molecular flexibility index (Phi) is 6.95. The minimum Gasteiger partial charge on any atom is -0.356 e. The molecule has 1 aliphatic carbocycles. The molecule has 3 rings (SSSR count). The SMILES string of the molecule is CCCN1CCC(NC(=NC)NCC2(c3ccccc3)CCCC2)CC1. The third-order valence-electron chi connectivity index (χ3n) is 6.23. The summed E-state index contributed by atoms with van der Waals surface area (Å²) < 4.78 is 0. The molecular weight excluding hydrogens is 320 g/mol.